The molecule has 0 radical (unpaired) electrons. The number of esters is 1. The third-order valence-electron chi connectivity index (χ3n) is 3.02. The highest BCUT2D eigenvalue weighted by Crippen LogP contribution is 2.17. The lowest BCUT2D eigenvalue weighted by molar-refractivity contribution is -0.142. The normalized spacial score (nSPS) is 10.2. The van der Waals surface area contributed by atoms with Crippen LogP contribution in [0.4, 0.5) is 5.13 Å². The zero-order chi connectivity index (χ0) is 17.4. The SMILES string of the molecule is CCOC(=O)Cc1csc(NC(=O)CCOc2cccc(C)c2)n1. The van der Waals surface area contributed by atoms with Gasteiger partial charge in [-0.1, -0.05) is 12.1 Å². The van der Waals surface area contributed by atoms with E-state index in [0.29, 0.717) is 17.4 Å². The number of rotatable bonds is 8. The summed E-state index contributed by atoms with van der Waals surface area (Å²) < 4.78 is 10.4. The first-order chi connectivity index (χ1) is 11.6. The summed E-state index contributed by atoms with van der Waals surface area (Å²) in [6, 6.07) is 7.66. The van der Waals surface area contributed by atoms with Crippen LogP contribution in [-0.2, 0) is 20.7 Å². The van der Waals surface area contributed by atoms with E-state index in [4.69, 9.17) is 9.47 Å². The number of thiazole rings is 1. The van der Waals surface area contributed by atoms with Crippen molar-refractivity contribution >= 4 is 28.3 Å². The van der Waals surface area contributed by atoms with Crippen molar-refractivity contribution in [2.24, 2.45) is 0 Å². The molecular weight excluding hydrogens is 328 g/mol. The number of anilines is 1. The first-order valence-electron chi connectivity index (χ1n) is 7.66. The predicted octanol–water partition coefficient (Wildman–Crippen LogP) is 2.96. The first kappa shape index (κ1) is 17.9. The van der Waals surface area contributed by atoms with Gasteiger partial charge in [0.1, 0.15) is 5.75 Å². The minimum atomic E-state index is -0.327. The van der Waals surface area contributed by atoms with Crippen LogP contribution in [-0.4, -0.2) is 30.1 Å². The predicted molar refractivity (Wildman–Crippen MR) is 92.4 cm³/mol. The van der Waals surface area contributed by atoms with Gasteiger partial charge in [-0.2, -0.15) is 0 Å². The molecule has 1 heterocycles. The molecule has 0 unspecified atom stereocenters. The van der Waals surface area contributed by atoms with Crippen molar-refractivity contribution < 1.29 is 19.1 Å². The second-order valence-electron chi connectivity index (χ2n) is 5.09. The second kappa shape index (κ2) is 9.02. The average molecular weight is 348 g/mol. The summed E-state index contributed by atoms with van der Waals surface area (Å²) in [4.78, 5) is 27.5. The number of nitrogens with one attached hydrogen (secondary N) is 1. The van der Waals surface area contributed by atoms with Gasteiger partial charge in [0.15, 0.2) is 5.13 Å². The molecule has 2 rings (SSSR count). The van der Waals surface area contributed by atoms with Gasteiger partial charge in [0.2, 0.25) is 5.91 Å². The van der Waals surface area contributed by atoms with Crippen LogP contribution in [0.3, 0.4) is 0 Å². The lowest BCUT2D eigenvalue weighted by atomic mass is 10.2. The Morgan fingerprint density at radius 3 is 2.92 bits per heavy atom. The topological polar surface area (TPSA) is 77.5 Å². The summed E-state index contributed by atoms with van der Waals surface area (Å²) in [5.41, 5.74) is 1.69. The van der Waals surface area contributed by atoms with Crippen molar-refractivity contribution in [3.8, 4) is 5.75 Å². The van der Waals surface area contributed by atoms with Gasteiger partial charge in [0.25, 0.3) is 0 Å². The highest BCUT2D eigenvalue weighted by Gasteiger charge is 2.10. The zero-order valence-corrected chi connectivity index (χ0v) is 14.5. The van der Waals surface area contributed by atoms with Crippen LogP contribution >= 0.6 is 11.3 Å². The Morgan fingerprint density at radius 1 is 1.33 bits per heavy atom. The van der Waals surface area contributed by atoms with Gasteiger partial charge in [-0.15, -0.1) is 11.3 Å². The van der Waals surface area contributed by atoms with E-state index >= 15 is 0 Å². The standard InChI is InChI=1S/C17H20N2O4S/c1-3-22-16(21)10-13-11-24-17(18-13)19-15(20)7-8-23-14-6-4-5-12(2)9-14/h4-6,9,11H,3,7-8,10H2,1-2H3,(H,18,19,20). The first-order valence-corrected chi connectivity index (χ1v) is 8.54. The number of hydrogen-bond donors (Lipinski definition) is 1. The summed E-state index contributed by atoms with van der Waals surface area (Å²) in [6.45, 7) is 4.36. The van der Waals surface area contributed by atoms with Gasteiger partial charge in [-0.25, -0.2) is 4.98 Å². The maximum absolute atomic E-state index is 11.9. The van der Waals surface area contributed by atoms with Crippen LogP contribution in [0, 0.1) is 6.92 Å². The van der Waals surface area contributed by atoms with Crippen molar-refractivity contribution in [3.05, 3.63) is 40.9 Å². The molecule has 7 heteroatoms. The Hall–Kier alpha value is -2.41. The van der Waals surface area contributed by atoms with E-state index in [-0.39, 0.29) is 31.3 Å². The number of ether oxygens (including phenoxy) is 2. The Bertz CT molecular complexity index is 699. The fraction of sp³-hybridized carbons (Fsp3) is 0.353. The van der Waals surface area contributed by atoms with E-state index < -0.39 is 0 Å². The Balaban J connectivity index is 1.74. The molecule has 1 aromatic carbocycles. The summed E-state index contributed by atoms with van der Waals surface area (Å²) in [7, 11) is 0. The van der Waals surface area contributed by atoms with Crippen LogP contribution in [0.25, 0.3) is 0 Å². The number of nitrogens with zero attached hydrogens (tertiary/aromatic N) is 1. The minimum Gasteiger partial charge on any atom is -0.493 e. The van der Waals surface area contributed by atoms with Crippen LogP contribution in [0.2, 0.25) is 0 Å². The third-order valence-corrected chi connectivity index (χ3v) is 3.82. The van der Waals surface area contributed by atoms with Gasteiger partial charge in [0.05, 0.1) is 31.7 Å². The van der Waals surface area contributed by atoms with Gasteiger partial charge >= 0.3 is 5.97 Å². The number of benzene rings is 1. The smallest absolute Gasteiger partial charge is 0.311 e. The van der Waals surface area contributed by atoms with Crippen LogP contribution in [0.1, 0.15) is 24.6 Å². The Morgan fingerprint density at radius 2 is 2.17 bits per heavy atom. The lowest BCUT2D eigenvalue weighted by Gasteiger charge is -2.06. The number of aryl methyl sites for hydroxylation is 1. The molecule has 0 aliphatic heterocycles. The molecule has 0 saturated heterocycles. The molecular formula is C17H20N2O4S. The molecule has 0 spiro atoms. The van der Waals surface area contributed by atoms with Crippen molar-refractivity contribution in [3.63, 3.8) is 0 Å². The van der Waals surface area contributed by atoms with Crippen molar-refractivity contribution in [2.45, 2.75) is 26.7 Å². The molecule has 128 valence electrons. The summed E-state index contributed by atoms with van der Waals surface area (Å²) >= 11 is 1.28. The van der Waals surface area contributed by atoms with Gasteiger partial charge < -0.3 is 14.8 Å². The van der Waals surface area contributed by atoms with E-state index in [1.54, 1.807) is 12.3 Å². The Kier molecular flexibility index (Phi) is 6.74. The quantitative estimate of drug-likeness (QED) is 0.742. The molecule has 2 aromatic rings. The zero-order valence-electron chi connectivity index (χ0n) is 13.7. The number of carbonyl (C=O) groups excluding carboxylic acids is 2. The molecule has 0 saturated carbocycles. The monoisotopic (exact) mass is 348 g/mol. The van der Waals surface area contributed by atoms with Crippen LogP contribution in [0.5, 0.6) is 5.75 Å². The van der Waals surface area contributed by atoms with Crippen molar-refractivity contribution in [1.29, 1.82) is 0 Å². The maximum atomic E-state index is 11.9. The van der Waals surface area contributed by atoms with E-state index in [1.807, 2.05) is 31.2 Å². The summed E-state index contributed by atoms with van der Waals surface area (Å²) in [6.07, 6.45) is 0.331. The van der Waals surface area contributed by atoms with Crippen LogP contribution in [0.15, 0.2) is 29.6 Å². The molecule has 0 bridgehead atoms. The van der Waals surface area contributed by atoms with E-state index in [1.165, 1.54) is 11.3 Å². The number of carbonyl (C=O) groups is 2. The van der Waals surface area contributed by atoms with Gasteiger partial charge in [-0.05, 0) is 31.5 Å². The highest BCUT2D eigenvalue weighted by molar-refractivity contribution is 7.13. The van der Waals surface area contributed by atoms with Crippen molar-refractivity contribution in [2.75, 3.05) is 18.5 Å². The maximum Gasteiger partial charge on any atom is 0.311 e. The second-order valence-corrected chi connectivity index (χ2v) is 5.95. The van der Waals surface area contributed by atoms with Crippen LogP contribution < -0.4 is 10.1 Å². The Labute approximate surface area is 144 Å². The fourth-order valence-corrected chi connectivity index (χ4v) is 2.68. The summed E-state index contributed by atoms with van der Waals surface area (Å²) in [5.74, 6) is 0.237. The van der Waals surface area contributed by atoms with Gasteiger partial charge in [0, 0.05) is 5.38 Å². The molecule has 1 N–H and O–H groups in total. The molecule has 0 aliphatic carbocycles. The molecule has 0 aliphatic rings. The largest absolute Gasteiger partial charge is 0.493 e. The third kappa shape index (κ3) is 6.00. The highest BCUT2D eigenvalue weighted by atomic mass is 32.1. The van der Waals surface area contributed by atoms with E-state index in [0.717, 1.165) is 11.3 Å². The van der Waals surface area contributed by atoms with E-state index in [9.17, 15) is 9.59 Å². The molecule has 1 aromatic heterocycles. The molecule has 6 nitrogen and oxygen atoms in total. The number of amides is 1. The molecule has 1 amide bonds. The number of aromatic nitrogens is 1. The average Bonchev–Trinajstić information content (AvgIpc) is 2.94. The molecule has 0 atom stereocenters. The lowest BCUT2D eigenvalue weighted by Crippen LogP contribution is -2.15. The molecule has 24 heavy (non-hydrogen) atoms. The van der Waals surface area contributed by atoms with Crippen molar-refractivity contribution in [1.82, 2.24) is 4.98 Å². The number of hydrogen-bond acceptors (Lipinski definition) is 6. The van der Waals surface area contributed by atoms with Gasteiger partial charge in [-0.3, -0.25) is 9.59 Å². The minimum absolute atomic E-state index is 0.108. The summed E-state index contributed by atoms with van der Waals surface area (Å²) in [5, 5.41) is 4.90. The fourth-order valence-electron chi connectivity index (χ4n) is 1.95. The van der Waals surface area contributed by atoms with E-state index in [2.05, 4.69) is 10.3 Å². The molecule has 0 fully saturated rings.